The quantitative estimate of drug-likeness (QED) is 0.306. The van der Waals surface area contributed by atoms with Crippen molar-refractivity contribution in [1.82, 2.24) is 9.88 Å². The number of nitrogens with zero attached hydrogens (tertiary/aromatic N) is 1. The van der Waals surface area contributed by atoms with E-state index in [9.17, 15) is 9.59 Å². The molecule has 4 aromatic rings. The standard InChI is InChI=1S/C30H32N2O7/c1-6-39-21-10-8-20(9-11-21)32-18-24(22-16-27(37-4)28(38-5)17-23(22)30(32)34)29(33)31-14-13-19-7-12-25(35-2)26(15-19)36-3/h7-12,15-18H,6,13-14H2,1-5H3,(H,31,33). The molecule has 0 radical (unpaired) electrons. The van der Waals surface area contributed by atoms with Crippen LogP contribution in [0.15, 0.2) is 65.6 Å². The lowest BCUT2D eigenvalue weighted by molar-refractivity contribution is 0.0955. The van der Waals surface area contributed by atoms with Gasteiger partial charge in [0.2, 0.25) is 0 Å². The summed E-state index contributed by atoms with van der Waals surface area (Å²) < 4.78 is 28.5. The van der Waals surface area contributed by atoms with Gasteiger partial charge in [-0.05, 0) is 67.4 Å². The fourth-order valence-corrected chi connectivity index (χ4v) is 4.36. The zero-order valence-corrected chi connectivity index (χ0v) is 22.7. The van der Waals surface area contributed by atoms with Crippen molar-refractivity contribution in [3.63, 3.8) is 0 Å². The highest BCUT2D eigenvalue weighted by atomic mass is 16.5. The number of ether oxygens (including phenoxy) is 5. The average molecular weight is 533 g/mol. The molecule has 4 rings (SSSR count). The predicted molar refractivity (Wildman–Crippen MR) is 149 cm³/mol. The molecule has 3 aromatic carbocycles. The van der Waals surface area contributed by atoms with Crippen LogP contribution in [0.5, 0.6) is 28.7 Å². The van der Waals surface area contributed by atoms with Crippen LogP contribution in [0.3, 0.4) is 0 Å². The Kier molecular flexibility index (Phi) is 8.60. The first kappa shape index (κ1) is 27.4. The molecule has 39 heavy (non-hydrogen) atoms. The first-order valence-electron chi connectivity index (χ1n) is 12.5. The number of hydrogen-bond acceptors (Lipinski definition) is 7. The van der Waals surface area contributed by atoms with Crippen molar-refractivity contribution in [3.05, 3.63) is 82.3 Å². The van der Waals surface area contributed by atoms with Crippen LogP contribution in [0.4, 0.5) is 0 Å². The molecule has 0 saturated carbocycles. The number of amides is 1. The third-order valence-corrected chi connectivity index (χ3v) is 6.34. The molecule has 9 heteroatoms. The number of pyridine rings is 1. The van der Waals surface area contributed by atoms with Crippen LogP contribution in [0, 0.1) is 0 Å². The second kappa shape index (κ2) is 12.3. The third-order valence-electron chi connectivity index (χ3n) is 6.34. The highest BCUT2D eigenvalue weighted by Crippen LogP contribution is 2.33. The van der Waals surface area contributed by atoms with Crippen molar-refractivity contribution in [2.75, 3.05) is 41.6 Å². The fourth-order valence-electron chi connectivity index (χ4n) is 4.36. The van der Waals surface area contributed by atoms with Gasteiger partial charge >= 0.3 is 0 Å². The van der Waals surface area contributed by atoms with Crippen LogP contribution in [-0.4, -0.2) is 52.1 Å². The summed E-state index contributed by atoms with van der Waals surface area (Å²) in [5.41, 5.74) is 1.60. The molecule has 0 aliphatic heterocycles. The van der Waals surface area contributed by atoms with Crippen molar-refractivity contribution in [2.45, 2.75) is 13.3 Å². The third kappa shape index (κ3) is 5.77. The van der Waals surface area contributed by atoms with Gasteiger partial charge in [-0.15, -0.1) is 0 Å². The molecule has 0 saturated heterocycles. The maximum absolute atomic E-state index is 13.6. The summed E-state index contributed by atoms with van der Waals surface area (Å²) in [4.78, 5) is 27.1. The Balaban J connectivity index is 1.71. The summed E-state index contributed by atoms with van der Waals surface area (Å²) in [6.45, 7) is 2.80. The first-order chi connectivity index (χ1) is 18.9. The van der Waals surface area contributed by atoms with Crippen LogP contribution in [0.1, 0.15) is 22.8 Å². The molecule has 1 amide bonds. The molecule has 0 unspecified atom stereocenters. The Morgan fingerprint density at radius 2 is 1.41 bits per heavy atom. The monoisotopic (exact) mass is 532 g/mol. The molecule has 0 atom stereocenters. The van der Waals surface area contributed by atoms with Gasteiger partial charge in [-0.1, -0.05) is 6.07 Å². The number of carbonyl (C=O) groups excluding carboxylic acids is 1. The van der Waals surface area contributed by atoms with Crippen LogP contribution in [-0.2, 0) is 6.42 Å². The van der Waals surface area contributed by atoms with Gasteiger partial charge in [0.1, 0.15) is 5.75 Å². The molecule has 0 bridgehead atoms. The number of nitrogens with one attached hydrogen (secondary N) is 1. The van der Waals surface area contributed by atoms with Gasteiger partial charge in [-0.25, -0.2) is 0 Å². The maximum Gasteiger partial charge on any atom is 0.263 e. The molecule has 204 valence electrons. The molecule has 0 fully saturated rings. The molecular formula is C30H32N2O7. The van der Waals surface area contributed by atoms with Crippen molar-refractivity contribution >= 4 is 16.7 Å². The number of methoxy groups -OCH3 is 4. The largest absolute Gasteiger partial charge is 0.494 e. The minimum atomic E-state index is -0.326. The first-order valence-corrected chi connectivity index (χ1v) is 12.5. The van der Waals surface area contributed by atoms with Gasteiger partial charge in [0.05, 0.1) is 46.0 Å². The van der Waals surface area contributed by atoms with Gasteiger partial charge in [0.25, 0.3) is 11.5 Å². The molecule has 1 heterocycles. The van der Waals surface area contributed by atoms with Crippen molar-refractivity contribution in [1.29, 1.82) is 0 Å². The topological polar surface area (TPSA) is 97.2 Å². The van der Waals surface area contributed by atoms with Gasteiger partial charge in [-0.2, -0.15) is 0 Å². The summed E-state index contributed by atoms with van der Waals surface area (Å²) in [6.07, 6.45) is 2.12. The summed E-state index contributed by atoms with van der Waals surface area (Å²) in [5.74, 6) is 2.43. The Morgan fingerprint density at radius 3 is 2.03 bits per heavy atom. The van der Waals surface area contributed by atoms with E-state index < -0.39 is 0 Å². The van der Waals surface area contributed by atoms with Gasteiger partial charge in [-0.3, -0.25) is 14.2 Å². The normalized spacial score (nSPS) is 10.7. The minimum Gasteiger partial charge on any atom is -0.494 e. The van der Waals surface area contributed by atoms with Gasteiger partial charge in [0.15, 0.2) is 23.0 Å². The number of hydrogen-bond donors (Lipinski definition) is 1. The number of benzene rings is 3. The Labute approximate surface area is 226 Å². The minimum absolute atomic E-state index is 0.294. The van der Waals surface area contributed by atoms with Crippen LogP contribution in [0.25, 0.3) is 16.5 Å². The summed E-state index contributed by atoms with van der Waals surface area (Å²) >= 11 is 0. The molecule has 0 spiro atoms. The van der Waals surface area contributed by atoms with Gasteiger partial charge in [0, 0.05) is 23.8 Å². The van der Waals surface area contributed by atoms with E-state index in [1.807, 2.05) is 25.1 Å². The molecule has 1 aromatic heterocycles. The predicted octanol–water partition coefficient (Wildman–Crippen LogP) is 4.40. The molecule has 0 aliphatic rings. The Bertz CT molecular complexity index is 1530. The van der Waals surface area contributed by atoms with E-state index in [1.165, 1.54) is 18.8 Å². The second-order valence-electron chi connectivity index (χ2n) is 8.59. The van der Waals surface area contributed by atoms with E-state index in [0.717, 1.165) is 5.56 Å². The molecule has 9 nitrogen and oxygen atoms in total. The highest BCUT2D eigenvalue weighted by Gasteiger charge is 2.19. The van der Waals surface area contributed by atoms with Gasteiger partial charge < -0.3 is 29.0 Å². The molecular weight excluding hydrogens is 500 g/mol. The second-order valence-corrected chi connectivity index (χ2v) is 8.59. The lowest BCUT2D eigenvalue weighted by atomic mass is 10.0. The molecule has 1 N–H and O–H groups in total. The van der Waals surface area contributed by atoms with Crippen molar-refractivity contribution in [3.8, 4) is 34.4 Å². The Morgan fingerprint density at radius 1 is 0.795 bits per heavy atom. The lowest BCUT2D eigenvalue weighted by Gasteiger charge is -2.16. The molecule has 0 aliphatic carbocycles. The summed E-state index contributed by atoms with van der Waals surface area (Å²) in [6, 6.07) is 16.0. The maximum atomic E-state index is 13.6. The zero-order chi connectivity index (χ0) is 27.9. The average Bonchev–Trinajstić information content (AvgIpc) is 2.97. The number of rotatable bonds is 11. The summed E-state index contributed by atoms with van der Waals surface area (Å²) in [5, 5.41) is 3.77. The number of carbonyl (C=O) groups is 1. The van der Waals surface area contributed by atoms with E-state index in [2.05, 4.69) is 5.32 Å². The van der Waals surface area contributed by atoms with E-state index in [1.54, 1.807) is 56.8 Å². The van der Waals surface area contributed by atoms with E-state index >= 15 is 0 Å². The fraction of sp³-hybridized carbons (Fsp3) is 0.267. The van der Waals surface area contributed by atoms with Crippen molar-refractivity contribution < 1.29 is 28.5 Å². The highest BCUT2D eigenvalue weighted by molar-refractivity contribution is 6.07. The lowest BCUT2D eigenvalue weighted by Crippen LogP contribution is -2.28. The SMILES string of the molecule is CCOc1ccc(-n2cc(C(=O)NCCc3ccc(OC)c(OC)c3)c3cc(OC)c(OC)cc3c2=O)cc1. The smallest absolute Gasteiger partial charge is 0.263 e. The Hall–Kier alpha value is -4.66. The van der Waals surface area contributed by atoms with Crippen molar-refractivity contribution in [2.24, 2.45) is 0 Å². The van der Waals surface area contributed by atoms with Crippen LogP contribution < -0.4 is 34.6 Å². The van der Waals surface area contributed by atoms with Crippen LogP contribution >= 0.6 is 0 Å². The van der Waals surface area contributed by atoms with Crippen LogP contribution in [0.2, 0.25) is 0 Å². The number of fused-ring (bicyclic) bond motifs is 1. The van der Waals surface area contributed by atoms with E-state index in [4.69, 9.17) is 23.7 Å². The number of aromatic nitrogens is 1. The van der Waals surface area contributed by atoms with E-state index in [-0.39, 0.29) is 11.5 Å². The zero-order valence-electron chi connectivity index (χ0n) is 22.7. The summed E-state index contributed by atoms with van der Waals surface area (Å²) in [7, 11) is 6.17. The van der Waals surface area contributed by atoms with E-state index in [0.29, 0.717) is 70.3 Å².